The van der Waals surface area contributed by atoms with Crippen LogP contribution in [-0.4, -0.2) is 27.5 Å². The molecule has 0 unspecified atom stereocenters. The molecule has 0 aliphatic carbocycles. The molecular weight excluding hydrogens is 328 g/mol. The summed E-state index contributed by atoms with van der Waals surface area (Å²) in [5.74, 6) is 0.131. The third kappa shape index (κ3) is 2.98. The topological polar surface area (TPSA) is 75.7 Å². The lowest BCUT2D eigenvalue weighted by Gasteiger charge is -2.24. The quantitative estimate of drug-likeness (QED) is 0.845. The van der Waals surface area contributed by atoms with E-state index in [9.17, 15) is 13.2 Å². The monoisotopic (exact) mass is 344 g/mol. The molecule has 0 fully saturated rings. The van der Waals surface area contributed by atoms with Gasteiger partial charge in [-0.15, -0.1) is 6.58 Å². The largest absolute Gasteiger partial charge is 0.482 e. The van der Waals surface area contributed by atoms with Crippen LogP contribution in [-0.2, 0) is 14.8 Å². The highest BCUT2D eigenvalue weighted by atomic mass is 32.2. The van der Waals surface area contributed by atoms with Crippen molar-refractivity contribution in [2.45, 2.75) is 4.90 Å². The van der Waals surface area contributed by atoms with Gasteiger partial charge >= 0.3 is 0 Å². The predicted octanol–water partition coefficient (Wildman–Crippen LogP) is 2.40. The second kappa shape index (κ2) is 6.37. The average Bonchev–Trinajstić information content (AvgIpc) is 2.59. The number of hydrogen-bond acceptors (Lipinski definition) is 4. The summed E-state index contributed by atoms with van der Waals surface area (Å²) in [6.07, 6.45) is 1.52. The molecule has 1 aliphatic heterocycles. The van der Waals surface area contributed by atoms with Crippen molar-refractivity contribution in [3.05, 3.63) is 61.2 Å². The molecule has 3 rings (SSSR count). The van der Waals surface area contributed by atoms with E-state index in [1.165, 1.54) is 22.5 Å². The van der Waals surface area contributed by atoms with E-state index in [-0.39, 0.29) is 24.0 Å². The van der Waals surface area contributed by atoms with E-state index >= 15 is 0 Å². The highest BCUT2D eigenvalue weighted by Gasteiger charge is 2.26. The van der Waals surface area contributed by atoms with E-state index in [1.54, 1.807) is 30.3 Å². The highest BCUT2D eigenvalue weighted by molar-refractivity contribution is 7.92. The van der Waals surface area contributed by atoms with Crippen LogP contribution in [0.5, 0.6) is 5.75 Å². The molecule has 124 valence electrons. The number of fused-ring (bicyclic) bond motifs is 1. The Labute approximate surface area is 140 Å². The second-order valence-electron chi connectivity index (χ2n) is 5.16. The average molecular weight is 344 g/mol. The highest BCUT2D eigenvalue weighted by Crippen LogP contribution is 2.32. The van der Waals surface area contributed by atoms with E-state index in [1.807, 2.05) is 6.07 Å². The van der Waals surface area contributed by atoms with Gasteiger partial charge in [-0.2, -0.15) is 0 Å². The Bertz CT molecular complexity index is 879. The fourth-order valence-corrected chi connectivity index (χ4v) is 3.87. The van der Waals surface area contributed by atoms with Crippen molar-refractivity contribution in [3.63, 3.8) is 0 Å². The molecule has 1 heterocycles. The first kappa shape index (κ1) is 16.1. The SMILES string of the molecule is C=CCN(c1ccccc1)S(=O)(=O)c1ccc2c(c1)NC(=O)CO2. The molecule has 7 heteroatoms. The zero-order chi connectivity index (χ0) is 17.2. The number of hydrogen-bond donors (Lipinski definition) is 1. The van der Waals surface area contributed by atoms with Gasteiger partial charge in [-0.1, -0.05) is 24.3 Å². The number of para-hydroxylation sites is 1. The van der Waals surface area contributed by atoms with Gasteiger partial charge in [-0.25, -0.2) is 8.42 Å². The van der Waals surface area contributed by atoms with Crippen LogP contribution in [0.25, 0.3) is 0 Å². The van der Waals surface area contributed by atoms with E-state index < -0.39 is 10.0 Å². The summed E-state index contributed by atoms with van der Waals surface area (Å²) in [6, 6.07) is 13.2. The van der Waals surface area contributed by atoms with Crippen molar-refractivity contribution in [1.29, 1.82) is 0 Å². The number of sulfonamides is 1. The smallest absolute Gasteiger partial charge is 0.264 e. The van der Waals surface area contributed by atoms with Crippen molar-refractivity contribution < 1.29 is 17.9 Å². The molecule has 0 radical (unpaired) electrons. The van der Waals surface area contributed by atoms with Crippen molar-refractivity contribution >= 4 is 27.3 Å². The standard InChI is InChI=1S/C17H16N2O4S/c1-2-10-19(13-6-4-3-5-7-13)24(21,22)14-8-9-16-15(11-14)18-17(20)12-23-16/h2-9,11H,1,10,12H2,(H,18,20). The number of nitrogens with zero attached hydrogens (tertiary/aromatic N) is 1. The molecule has 6 nitrogen and oxygen atoms in total. The molecule has 24 heavy (non-hydrogen) atoms. The van der Waals surface area contributed by atoms with Gasteiger partial charge in [-0.3, -0.25) is 9.10 Å². The van der Waals surface area contributed by atoms with Gasteiger partial charge in [0.2, 0.25) is 0 Å². The Kier molecular flexibility index (Phi) is 4.26. The summed E-state index contributed by atoms with van der Waals surface area (Å²) in [5.41, 5.74) is 0.884. The van der Waals surface area contributed by atoms with E-state index in [0.29, 0.717) is 17.1 Å². The van der Waals surface area contributed by atoms with Crippen LogP contribution in [0.3, 0.4) is 0 Å². The number of anilines is 2. The first-order chi connectivity index (χ1) is 11.5. The van der Waals surface area contributed by atoms with E-state index in [0.717, 1.165) is 0 Å². The van der Waals surface area contributed by atoms with Gasteiger partial charge in [0.1, 0.15) is 5.75 Å². The Balaban J connectivity index is 2.04. The lowest BCUT2D eigenvalue weighted by Crippen LogP contribution is -2.31. The molecule has 1 N–H and O–H groups in total. The van der Waals surface area contributed by atoms with Gasteiger partial charge in [0.15, 0.2) is 6.61 Å². The molecule has 2 aromatic carbocycles. The van der Waals surface area contributed by atoms with Crippen molar-refractivity contribution in [3.8, 4) is 5.75 Å². The number of rotatable bonds is 5. The third-order valence-electron chi connectivity index (χ3n) is 3.51. The Morgan fingerprint density at radius 2 is 1.96 bits per heavy atom. The van der Waals surface area contributed by atoms with Crippen molar-refractivity contribution in [1.82, 2.24) is 0 Å². The molecule has 0 saturated heterocycles. The minimum absolute atomic E-state index is 0.0674. The van der Waals surface area contributed by atoms with Crippen LogP contribution in [0.2, 0.25) is 0 Å². The maximum Gasteiger partial charge on any atom is 0.264 e. The molecular formula is C17H16N2O4S. The lowest BCUT2D eigenvalue weighted by molar-refractivity contribution is -0.118. The lowest BCUT2D eigenvalue weighted by atomic mass is 10.2. The second-order valence-corrected chi connectivity index (χ2v) is 7.02. The predicted molar refractivity (Wildman–Crippen MR) is 91.7 cm³/mol. The van der Waals surface area contributed by atoms with Crippen LogP contribution in [0, 0.1) is 0 Å². The zero-order valence-electron chi connectivity index (χ0n) is 12.8. The van der Waals surface area contributed by atoms with Gasteiger partial charge in [-0.05, 0) is 30.3 Å². The summed E-state index contributed by atoms with van der Waals surface area (Å²) >= 11 is 0. The third-order valence-corrected chi connectivity index (χ3v) is 5.30. The molecule has 0 bridgehead atoms. The number of ether oxygens (including phenoxy) is 1. The molecule has 0 spiro atoms. The Hall–Kier alpha value is -2.80. The summed E-state index contributed by atoms with van der Waals surface area (Å²) in [4.78, 5) is 11.5. The van der Waals surface area contributed by atoms with Crippen LogP contribution in [0.1, 0.15) is 0 Å². The number of nitrogens with one attached hydrogen (secondary N) is 1. The Morgan fingerprint density at radius 1 is 1.21 bits per heavy atom. The fraction of sp³-hybridized carbons (Fsp3) is 0.118. The first-order valence-electron chi connectivity index (χ1n) is 7.28. The van der Waals surface area contributed by atoms with Gasteiger partial charge < -0.3 is 10.1 Å². The molecule has 2 aromatic rings. The van der Waals surface area contributed by atoms with E-state index in [2.05, 4.69) is 11.9 Å². The number of benzene rings is 2. The van der Waals surface area contributed by atoms with Gasteiger partial charge in [0.05, 0.1) is 22.8 Å². The molecule has 1 amide bonds. The van der Waals surface area contributed by atoms with Crippen LogP contribution >= 0.6 is 0 Å². The maximum atomic E-state index is 13.0. The summed E-state index contributed by atoms with van der Waals surface area (Å²) in [5, 5.41) is 2.62. The summed E-state index contributed by atoms with van der Waals surface area (Å²) in [6.45, 7) is 3.68. The van der Waals surface area contributed by atoms with Crippen LogP contribution in [0.15, 0.2) is 66.1 Å². The summed E-state index contributed by atoms with van der Waals surface area (Å²) < 4.78 is 32.5. The van der Waals surface area contributed by atoms with Gasteiger partial charge in [0, 0.05) is 0 Å². The minimum Gasteiger partial charge on any atom is -0.482 e. The van der Waals surface area contributed by atoms with Crippen molar-refractivity contribution in [2.24, 2.45) is 0 Å². The number of amides is 1. The molecule has 0 atom stereocenters. The molecule has 0 aromatic heterocycles. The maximum absolute atomic E-state index is 13.0. The first-order valence-corrected chi connectivity index (χ1v) is 8.72. The zero-order valence-corrected chi connectivity index (χ0v) is 13.6. The Morgan fingerprint density at radius 3 is 2.67 bits per heavy atom. The van der Waals surface area contributed by atoms with E-state index in [4.69, 9.17) is 4.74 Å². The summed E-state index contributed by atoms with van der Waals surface area (Å²) in [7, 11) is -3.81. The molecule has 0 saturated carbocycles. The normalized spacial score (nSPS) is 13.4. The minimum atomic E-state index is -3.81. The number of carbonyl (C=O) groups excluding carboxylic acids is 1. The molecule has 1 aliphatic rings. The number of carbonyl (C=O) groups is 1. The van der Waals surface area contributed by atoms with Crippen LogP contribution in [0.4, 0.5) is 11.4 Å². The van der Waals surface area contributed by atoms with Crippen molar-refractivity contribution in [2.75, 3.05) is 22.8 Å². The van der Waals surface area contributed by atoms with Gasteiger partial charge in [0.25, 0.3) is 15.9 Å². The van der Waals surface area contributed by atoms with Crippen LogP contribution < -0.4 is 14.4 Å². The fourth-order valence-electron chi connectivity index (χ4n) is 2.40.